The Morgan fingerprint density at radius 1 is 0.963 bits per heavy atom. The van der Waals surface area contributed by atoms with E-state index >= 15 is 0 Å². The summed E-state index contributed by atoms with van der Waals surface area (Å²) in [5.74, 6) is -1.74. The lowest BCUT2D eigenvalue weighted by molar-refractivity contribution is -0.129. The van der Waals surface area contributed by atoms with E-state index in [-0.39, 0.29) is 5.03 Å². The molecule has 27 heavy (non-hydrogen) atoms. The van der Waals surface area contributed by atoms with Gasteiger partial charge in [0.25, 0.3) is 5.91 Å². The number of amides is 1. The Bertz CT molecular complexity index is 933. The first-order valence-electron chi connectivity index (χ1n) is 8.38. The minimum atomic E-state index is -1.98. The maximum Gasteiger partial charge on any atom is 0.265 e. The largest absolute Gasteiger partial charge is 0.290 e. The number of ketones is 1. The number of anilines is 1. The highest BCUT2D eigenvalue weighted by Crippen LogP contribution is 2.47. The average Bonchev–Trinajstić information content (AvgIpc) is 2.63. The van der Waals surface area contributed by atoms with Gasteiger partial charge in [-0.3, -0.25) is 14.5 Å². The minimum absolute atomic E-state index is 0.106. The van der Waals surface area contributed by atoms with E-state index in [4.69, 9.17) is 23.2 Å². The van der Waals surface area contributed by atoms with Gasteiger partial charge in [-0.25, -0.2) is 4.39 Å². The Labute approximate surface area is 167 Å². The van der Waals surface area contributed by atoms with Crippen LogP contribution in [0, 0.1) is 11.2 Å². The summed E-state index contributed by atoms with van der Waals surface area (Å²) in [4.78, 5) is 26.0. The van der Waals surface area contributed by atoms with Gasteiger partial charge < -0.3 is 0 Å². The molecular weight excluding hydrogens is 388 g/mol. The molecule has 0 aromatic heterocycles. The summed E-state index contributed by atoms with van der Waals surface area (Å²) in [7, 11) is 0. The zero-order chi connectivity index (χ0) is 20.0. The third-order valence-corrected chi connectivity index (χ3v) is 5.31. The van der Waals surface area contributed by atoms with Gasteiger partial charge in [0.1, 0.15) is 10.8 Å². The topological polar surface area (TPSA) is 37.4 Å². The molecule has 1 atom stereocenters. The molecule has 6 heteroatoms. The van der Waals surface area contributed by atoms with Gasteiger partial charge in [0, 0.05) is 11.1 Å². The van der Waals surface area contributed by atoms with Crippen LogP contribution >= 0.6 is 23.2 Å². The Balaban J connectivity index is 2.30. The van der Waals surface area contributed by atoms with Crippen molar-refractivity contribution in [1.29, 1.82) is 0 Å². The lowest BCUT2D eigenvalue weighted by Gasteiger charge is -2.42. The molecule has 0 saturated heterocycles. The zero-order valence-corrected chi connectivity index (χ0v) is 16.6. The number of benzene rings is 2. The predicted octanol–water partition coefficient (Wildman–Crippen LogP) is 5.37. The van der Waals surface area contributed by atoms with Crippen molar-refractivity contribution < 1.29 is 14.0 Å². The number of rotatable bonds is 2. The van der Waals surface area contributed by atoms with Crippen molar-refractivity contribution in [3.8, 4) is 0 Å². The predicted molar refractivity (Wildman–Crippen MR) is 105 cm³/mol. The molecular formula is C21H18Cl2FNO2. The molecule has 0 radical (unpaired) electrons. The van der Waals surface area contributed by atoms with Crippen LogP contribution in [-0.4, -0.2) is 11.7 Å². The number of carbonyl (C=O) groups is 2. The summed E-state index contributed by atoms with van der Waals surface area (Å²) in [5.41, 5.74) is 0.418. The maximum absolute atomic E-state index is 13.5. The molecule has 3 rings (SSSR count). The monoisotopic (exact) mass is 405 g/mol. The van der Waals surface area contributed by atoms with Crippen LogP contribution in [0.3, 0.4) is 0 Å². The molecule has 1 unspecified atom stereocenters. The standard InChI is InChI=1S/C21H18Cl2FNO2/c1-20(2,3)17-16(22)18(26)21(23,13-7-5-4-6-8-13)19(27)25(17)15-11-9-14(24)10-12-15/h4-12H,1-3H3. The summed E-state index contributed by atoms with van der Waals surface area (Å²) in [6.07, 6.45) is 0. The van der Waals surface area contributed by atoms with Gasteiger partial charge >= 0.3 is 0 Å². The lowest BCUT2D eigenvalue weighted by Crippen LogP contribution is -2.54. The molecule has 0 fully saturated rings. The summed E-state index contributed by atoms with van der Waals surface area (Å²) < 4.78 is 13.4. The van der Waals surface area contributed by atoms with Crippen LogP contribution in [0.1, 0.15) is 26.3 Å². The number of nitrogens with zero attached hydrogens (tertiary/aromatic N) is 1. The second kappa shape index (κ2) is 6.77. The fourth-order valence-electron chi connectivity index (χ4n) is 3.13. The first-order chi connectivity index (χ1) is 12.6. The summed E-state index contributed by atoms with van der Waals surface area (Å²) >= 11 is 13.1. The van der Waals surface area contributed by atoms with Gasteiger partial charge in [-0.15, -0.1) is 0 Å². The Morgan fingerprint density at radius 3 is 2.04 bits per heavy atom. The van der Waals surface area contributed by atoms with Crippen molar-refractivity contribution in [2.24, 2.45) is 5.41 Å². The van der Waals surface area contributed by atoms with E-state index in [1.54, 1.807) is 30.3 Å². The van der Waals surface area contributed by atoms with E-state index in [1.165, 1.54) is 29.2 Å². The fourth-order valence-corrected chi connectivity index (χ4v) is 4.00. The van der Waals surface area contributed by atoms with E-state index < -0.39 is 27.8 Å². The molecule has 1 aliphatic rings. The van der Waals surface area contributed by atoms with Crippen LogP contribution in [-0.2, 0) is 14.5 Å². The van der Waals surface area contributed by atoms with E-state index in [0.29, 0.717) is 16.9 Å². The third-order valence-electron chi connectivity index (χ3n) is 4.41. The van der Waals surface area contributed by atoms with Crippen LogP contribution in [0.5, 0.6) is 0 Å². The molecule has 0 N–H and O–H groups in total. The van der Waals surface area contributed by atoms with Crippen LogP contribution in [0.15, 0.2) is 65.3 Å². The Kier molecular flexibility index (Phi) is 4.91. The second-order valence-electron chi connectivity index (χ2n) is 7.38. The van der Waals surface area contributed by atoms with E-state index in [9.17, 15) is 14.0 Å². The van der Waals surface area contributed by atoms with Crippen molar-refractivity contribution in [3.05, 3.63) is 76.7 Å². The molecule has 2 aromatic carbocycles. The summed E-state index contributed by atoms with van der Waals surface area (Å²) in [6.45, 7) is 5.52. The highest BCUT2D eigenvalue weighted by Gasteiger charge is 2.55. The summed E-state index contributed by atoms with van der Waals surface area (Å²) in [6, 6.07) is 13.8. The van der Waals surface area contributed by atoms with Gasteiger partial charge in [0.05, 0.1) is 5.70 Å². The Morgan fingerprint density at radius 2 is 1.52 bits per heavy atom. The Hall–Kier alpha value is -2.17. The molecule has 140 valence electrons. The van der Waals surface area contributed by atoms with Crippen LogP contribution in [0.2, 0.25) is 0 Å². The zero-order valence-electron chi connectivity index (χ0n) is 15.1. The molecule has 0 aliphatic carbocycles. The van der Waals surface area contributed by atoms with Crippen LogP contribution in [0.25, 0.3) is 0 Å². The SMILES string of the molecule is CC(C)(C)C1=C(Cl)C(=O)C(Cl)(c2ccccc2)C(=O)N1c1ccc(F)cc1. The molecule has 0 bridgehead atoms. The van der Waals surface area contributed by atoms with Crippen molar-refractivity contribution in [2.45, 2.75) is 25.6 Å². The number of allylic oxidation sites excluding steroid dienone is 2. The first kappa shape index (κ1) is 19.6. The minimum Gasteiger partial charge on any atom is -0.290 e. The highest BCUT2D eigenvalue weighted by molar-refractivity contribution is 6.58. The van der Waals surface area contributed by atoms with Gasteiger partial charge in [-0.05, 0) is 29.8 Å². The molecule has 2 aromatic rings. The van der Waals surface area contributed by atoms with Crippen molar-refractivity contribution in [2.75, 3.05) is 4.90 Å². The van der Waals surface area contributed by atoms with E-state index in [1.807, 2.05) is 20.8 Å². The smallest absolute Gasteiger partial charge is 0.265 e. The normalized spacial score (nSPS) is 21.0. The number of hydrogen-bond donors (Lipinski definition) is 0. The van der Waals surface area contributed by atoms with Gasteiger partial charge in [0.15, 0.2) is 0 Å². The fraction of sp³-hybridized carbons (Fsp3) is 0.238. The first-order valence-corrected chi connectivity index (χ1v) is 9.13. The van der Waals surface area contributed by atoms with Crippen LogP contribution < -0.4 is 4.90 Å². The highest BCUT2D eigenvalue weighted by atomic mass is 35.5. The van der Waals surface area contributed by atoms with Crippen molar-refractivity contribution >= 4 is 40.6 Å². The quantitative estimate of drug-likeness (QED) is 0.497. The average molecular weight is 406 g/mol. The number of Topliss-reactive ketones (excluding diaryl/α,β-unsaturated/α-hetero) is 1. The maximum atomic E-state index is 13.5. The summed E-state index contributed by atoms with van der Waals surface area (Å²) in [5, 5.41) is -0.106. The molecule has 0 saturated carbocycles. The van der Waals surface area contributed by atoms with Gasteiger partial charge in [-0.1, -0.05) is 74.3 Å². The van der Waals surface area contributed by atoms with Crippen LogP contribution in [0.4, 0.5) is 10.1 Å². The number of hydrogen-bond acceptors (Lipinski definition) is 2. The van der Waals surface area contributed by atoms with Gasteiger partial charge in [-0.2, -0.15) is 0 Å². The number of halogens is 3. The van der Waals surface area contributed by atoms with E-state index in [0.717, 1.165) is 0 Å². The molecule has 0 spiro atoms. The number of alkyl halides is 1. The van der Waals surface area contributed by atoms with Gasteiger partial charge in [0.2, 0.25) is 10.7 Å². The second-order valence-corrected chi connectivity index (χ2v) is 8.33. The molecule has 3 nitrogen and oxygen atoms in total. The van der Waals surface area contributed by atoms with Crippen molar-refractivity contribution in [3.63, 3.8) is 0 Å². The van der Waals surface area contributed by atoms with E-state index in [2.05, 4.69) is 0 Å². The third kappa shape index (κ3) is 3.17. The number of carbonyl (C=O) groups excluding carboxylic acids is 2. The molecule has 1 amide bonds. The molecule has 1 heterocycles. The van der Waals surface area contributed by atoms with Crippen molar-refractivity contribution in [1.82, 2.24) is 0 Å². The molecule has 1 aliphatic heterocycles. The lowest BCUT2D eigenvalue weighted by atomic mass is 9.81.